The third-order valence-electron chi connectivity index (χ3n) is 3.24. The van der Waals surface area contributed by atoms with Crippen molar-refractivity contribution in [3.63, 3.8) is 0 Å². The summed E-state index contributed by atoms with van der Waals surface area (Å²) in [5, 5.41) is 0. The maximum absolute atomic E-state index is 11.1. The first kappa shape index (κ1) is 14.1. The Kier molecular flexibility index (Phi) is 4.27. The summed E-state index contributed by atoms with van der Waals surface area (Å²) in [6.07, 6.45) is 4.50. The molecule has 0 atom stereocenters. The SMILES string of the molecule is CCN1CCC=C(c2ccc(NS(C)(=O)=O)cc2)C1. The first-order chi connectivity index (χ1) is 8.98. The first-order valence-corrected chi connectivity index (χ1v) is 8.36. The Hall–Kier alpha value is -1.33. The fourth-order valence-electron chi connectivity index (χ4n) is 2.25. The van der Waals surface area contributed by atoms with Gasteiger partial charge in [0.1, 0.15) is 0 Å². The highest BCUT2D eigenvalue weighted by molar-refractivity contribution is 7.92. The Morgan fingerprint density at radius 2 is 1.95 bits per heavy atom. The van der Waals surface area contributed by atoms with E-state index in [-0.39, 0.29) is 0 Å². The number of sulfonamides is 1. The van der Waals surface area contributed by atoms with E-state index < -0.39 is 10.0 Å². The number of anilines is 1. The Balaban J connectivity index is 2.12. The molecular formula is C14H20N2O2S. The Bertz CT molecular complexity index is 562. The summed E-state index contributed by atoms with van der Waals surface area (Å²) >= 11 is 0. The van der Waals surface area contributed by atoms with E-state index in [2.05, 4.69) is 22.6 Å². The molecule has 0 saturated carbocycles. The Morgan fingerprint density at radius 1 is 1.26 bits per heavy atom. The van der Waals surface area contributed by atoms with Gasteiger partial charge in [0.2, 0.25) is 10.0 Å². The van der Waals surface area contributed by atoms with Crippen molar-refractivity contribution < 1.29 is 8.42 Å². The summed E-state index contributed by atoms with van der Waals surface area (Å²) in [7, 11) is -3.20. The van der Waals surface area contributed by atoms with Crippen LogP contribution in [0.4, 0.5) is 5.69 Å². The minimum Gasteiger partial charge on any atom is -0.299 e. The van der Waals surface area contributed by atoms with Crippen LogP contribution in [0.2, 0.25) is 0 Å². The molecule has 5 heteroatoms. The van der Waals surface area contributed by atoms with Crippen molar-refractivity contribution in [2.75, 3.05) is 30.6 Å². The van der Waals surface area contributed by atoms with Crippen molar-refractivity contribution in [1.29, 1.82) is 0 Å². The molecule has 0 unspecified atom stereocenters. The van der Waals surface area contributed by atoms with Crippen molar-refractivity contribution in [3.05, 3.63) is 35.9 Å². The average Bonchev–Trinajstić information content (AvgIpc) is 2.38. The zero-order valence-electron chi connectivity index (χ0n) is 11.4. The molecule has 4 nitrogen and oxygen atoms in total. The molecule has 1 N–H and O–H groups in total. The molecule has 1 aromatic rings. The van der Waals surface area contributed by atoms with Crippen molar-refractivity contribution in [1.82, 2.24) is 4.90 Å². The highest BCUT2D eigenvalue weighted by Gasteiger charge is 2.12. The Morgan fingerprint density at radius 3 is 2.53 bits per heavy atom. The standard InChI is InChI=1S/C14H20N2O2S/c1-3-16-10-4-5-13(11-16)12-6-8-14(9-7-12)15-19(2,17)18/h5-9,15H,3-4,10-11H2,1-2H3. The smallest absolute Gasteiger partial charge is 0.229 e. The molecule has 0 radical (unpaired) electrons. The number of likely N-dealkylation sites (N-methyl/N-ethyl adjacent to an activating group) is 1. The predicted octanol–water partition coefficient (Wildman–Crippen LogP) is 2.17. The van der Waals surface area contributed by atoms with Crippen molar-refractivity contribution >= 4 is 21.3 Å². The molecule has 0 fully saturated rings. The van der Waals surface area contributed by atoms with Crippen molar-refractivity contribution in [3.8, 4) is 0 Å². The van der Waals surface area contributed by atoms with Crippen LogP contribution in [-0.4, -0.2) is 39.2 Å². The number of hydrogen-bond donors (Lipinski definition) is 1. The van der Waals surface area contributed by atoms with E-state index in [1.165, 1.54) is 5.57 Å². The molecule has 0 saturated heterocycles. The minimum absolute atomic E-state index is 0.606. The molecule has 0 aliphatic carbocycles. The fraction of sp³-hybridized carbons (Fsp3) is 0.429. The zero-order valence-corrected chi connectivity index (χ0v) is 12.2. The second kappa shape index (κ2) is 5.75. The van der Waals surface area contributed by atoms with Crippen LogP contribution in [0.15, 0.2) is 30.3 Å². The van der Waals surface area contributed by atoms with Crippen LogP contribution in [0.3, 0.4) is 0 Å². The second-order valence-electron chi connectivity index (χ2n) is 4.84. The highest BCUT2D eigenvalue weighted by atomic mass is 32.2. The van der Waals surface area contributed by atoms with Gasteiger partial charge in [-0.1, -0.05) is 25.1 Å². The van der Waals surface area contributed by atoms with Gasteiger partial charge in [-0.15, -0.1) is 0 Å². The summed E-state index contributed by atoms with van der Waals surface area (Å²) in [5.74, 6) is 0. The molecule has 0 aromatic heterocycles. The monoisotopic (exact) mass is 280 g/mol. The van der Waals surface area contributed by atoms with Crippen molar-refractivity contribution in [2.24, 2.45) is 0 Å². The molecule has 0 amide bonds. The molecule has 2 rings (SSSR count). The molecule has 1 aliphatic rings. The maximum Gasteiger partial charge on any atom is 0.229 e. The van der Waals surface area contributed by atoms with E-state index >= 15 is 0 Å². The highest BCUT2D eigenvalue weighted by Crippen LogP contribution is 2.22. The topological polar surface area (TPSA) is 49.4 Å². The van der Waals surface area contributed by atoms with E-state index in [0.717, 1.165) is 37.9 Å². The van der Waals surface area contributed by atoms with E-state index in [4.69, 9.17) is 0 Å². The van der Waals surface area contributed by atoms with Crippen LogP contribution >= 0.6 is 0 Å². The summed E-state index contributed by atoms with van der Waals surface area (Å²) in [4.78, 5) is 2.40. The fourth-order valence-corrected chi connectivity index (χ4v) is 2.82. The van der Waals surface area contributed by atoms with Crippen LogP contribution in [0.5, 0.6) is 0 Å². The number of nitrogens with zero attached hydrogens (tertiary/aromatic N) is 1. The number of rotatable bonds is 4. The lowest BCUT2D eigenvalue weighted by atomic mass is 10.0. The van der Waals surface area contributed by atoms with Gasteiger partial charge in [0.25, 0.3) is 0 Å². The molecule has 0 spiro atoms. The molecule has 19 heavy (non-hydrogen) atoms. The van der Waals surface area contributed by atoms with Gasteiger partial charge in [-0.2, -0.15) is 0 Å². The average molecular weight is 280 g/mol. The lowest BCUT2D eigenvalue weighted by Crippen LogP contribution is -2.29. The summed E-state index contributed by atoms with van der Waals surface area (Å²) < 4.78 is 24.8. The summed E-state index contributed by atoms with van der Waals surface area (Å²) in [5.41, 5.74) is 3.09. The normalized spacial score (nSPS) is 17.1. The van der Waals surface area contributed by atoms with Gasteiger partial charge in [-0.05, 0) is 36.2 Å². The van der Waals surface area contributed by atoms with Gasteiger partial charge in [0.15, 0.2) is 0 Å². The molecule has 1 aliphatic heterocycles. The van der Waals surface area contributed by atoms with E-state index in [9.17, 15) is 8.42 Å². The minimum atomic E-state index is -3.20. The lowest BCUT2D eigenvalue weighted by Gasteiger charge is -2.26. The van der Waals surface area contributed by atoms with E-state index in [1.807, 2.05) is 24.3 Å². The molecule has 104 valence electrons. The van der Waals surface area contributed by atoms with Crippen LogP contribution < -0.4 is 4.72 Å². The summed E-state index contributed by atoms with van der Waals surface area (Å²) in [6.45, 7) is 5.32. The number of benzene rings is 1. The van der Waals surface area contributed by atoms with Gasteiger partial charge in [-0.3, -0.25) is 9.62 Å². The second-order valence-corrected chi connectivity index (χ2v) is 6.59. The Labute approximate surface area is 115 Å². The lowest BCUT2D eigenvalue weighted by molar-refractivity contribution is 0.321. The third kappa shape index (κ3) is 4.08. The largest absolute Gasteiger partial charge is 0.299 e. The van der Waals surface area contributed by atoms with Gasteiger partial charge in [0, 0.05) is 18.8 Å². The maximum atomic E-state index is 11.1. The molecule has 0 bridgehead atoms. The quantitative estimate of drug-likeness (QED) is 0.919. The number of nitrogens with one attached hydrogen (secondary N) is 1. The van der Waals surface area contributed by atoms with Gasteiger partial charge < -0.3 is 0 Å². The number of hydrogen-bond acceptors (Lipinski definition) is 3. The van der Waals surface area contributed by atoms with Gasteiger partial charge in [-0.25, -0.2) is 8.42 Å². The van der Waals surface area contributed by atoms with E-state index in [0.29, 0.717) is 5.69 Å². The van der Waals surface area contributed by atoms with Crippen LogP contribution in [0.25, 0.3) is 5.57 Å². The van der Waals surface area contributed by atoms with Gasteiger partial charge in [0.05, 0.1) is 6.26 Å². The molecular weight excluding hydrogens is 260 g/mol. The third-order valence-corrected chi connectivity index (χ3v) is 3.84. The molecule has 1 heterocycles. The van der Waals surface area contributed by atoms with Crippen LogP contribution in [0, 0.1) is 0 Å². The van der Waals surface area contributed by atoms with Crippen LogP contribution in [-0.2, 0) is 10.0 Å². The van der Waals surface area contributed by atoms with E-state index in [1.54, 1.807) is 0 Å². The molecule has 1 aromatic carbocycles. The summed E-state index contributed by atoms with van der Waals surface area (Å²) in [6, 6.07) is 7.56. The van der Waals surface area contributed by atoms with Crippen LogP contribution in [0.1, 0.15) is 18.9 Å². The predicted molar refractivity (Wildman–Crippen MR) is 79.6 cm³/mol. The zero-order chi connectivity index (χ0) is 13.9. The first-order valence-electron chi connectivity index (χ1n) is 6.47. The van der Waals surface area contributed by atoms with Gasteiger partial charge >= 0.3 is 0 Å². The van der Waals surface area contributed by atoms with Crippen molar-refractivity contribution in [2.45, 2.75) is 13.3 Å².